The third-order valence-electron chi connectivity index (χ3n) is 22.6. The van der Waals surface area contributed by atoms with Crippen molar-refractivity contribution in [3.63, 3.8) is 0 Å². The Hall–Kier alpha value is -8.59. The van der Waals surface area contributed by atoms with Gasteiger partial charge < -0.3 is 110 Å². The first kappa shape index (κ1) is 91.3. The minimum Gasteiger partial charge on any atom is -0.756 e. The number of aromatic nitrogens is 2. The molecule has 6 aliphatic rings. The second-order valence-corrected chi connectivity index (χ2v) is 32.4. The molecular formula is C72H104CoN16O20PS. The fourth-order valence-electron chi connectivity index (χ4n) is 16.4. The number of amides is 9. The number of nitrogens with one attached hydrogen (secondary N) is 3. The Morgan fingerprint density at radius 1 is 0.757 bits per heavy atom. The number of rotatable bonds is 34. The monoisotopic (exact) mass is 1630 g/mol. The molecule has 0 aliphatic carbocycles. The molecule has 1 aromatic heterocycles. The topological polar surface area (TPSA) is 630 Å². The predicted octanol–water partition coefficient (Wildman–Crippen LogP) is 0.741. The van der Waals surface area contributed by atoms with E-state index in [9.17, 15) is 72.7 Å². The molecule has 2 saturated heterocycles. The maximum Gasteiger partial charge on any atom is 3.00 e. The van der Waals surface area contributed by atoms with Gasteiger partial charge in [-0.3, -0.25) is 67.5 Å². The number of carboxylic acid groups (broad SMARTS) is 1. The number of phosphoric acid groups is 1. The predicted molar refractivity (Wildman–Crippen MR) is 401 cm³/mol. The number of aryl methyl sites for hydroxylation is 2. The summed E-state index contributed by atoms with van der Waals surface area (Å²) in [6.45, 7) is 18.4. The van der Waals surface area contributed by atoms with Gasteiger partial charge in [-0.15, -0.1) is 0 Å². The van der Waals surface area contributed by atoms with Gasteiger partial charge in [0.25, 0.3) is 7.82 Å². The second-order valence-electron chi connectivity index (χ2n) is 30.7. The summed E-state index contributed by atoms with van der Waals surface area (Å²) in [7, 11) is -5.32. The molecule has 2 fully saturated rings. The number of aliphatic hydroxyl groups is 3. The Balaban J connectivity index is 0.000000800. The van der Waals surface area contributed by atoms with E-state index in [1.807, 2.05) is 80.5 Å². The van der Waals surface area contributed by atoms with Gasteiger partial charge in [-0.25, -0.2) is 4.98 Å². The number of imidazole rings is 1. The van der Waals surface area contributed by atoms with Crippen LogP contribution in [0.3, 0.4) is 0 Å². The summed E-state index contributed by atoms with van der Waals surface area (Å²) in [5.41, 5.74) is 41.4. The SMILES string of the molecule is C/C1=C2/N=C(C=C3N=C(/C(C)=C4\[N-]C(C(CC(N)=O)C4(C)CCC(=O)NCC(C)OP(=O)([O-])OC4C(CO)OC(n5cnc6cc(C)c(C)cc65)C4O)C4(C)N=C1C(CCC(N)=O)C4(C)CC(N)=O)C(CCC(N)=O)C3(C)C)C(CCC(N)=O)C2(C)CC(N)=O.N/C(CCC(=O)NC(CS)C(=O)NCC(=O)O)=C(/[O-])O.[Co+3]. The van der Waals surface area contributed by atoms with Gasteiger partial charge in [0.2, 0.25) is 53.2 Å². The van der Waals surface area contributed by atoms with Crippen LogP contribution in [0.15, 0.2) is 79.4 Å². The van der Waals surface area contributed by atoms with Crippen molar-refractivity contribution >= 4 is 108 Å². The van der Waals surface area contributed by atoms with Crippen molar-refractivity contribution in [3.8, 4) is 0 Å². The summed E-state index contributed by atoms with van der Waals surface area (Å²) in [6.07, 6.45) is -5.14. The normalized spacial score (nSPS) is 29.6. The molecule has 6 aliphatic heterocycles. The van der Waals surface area contributed by atoms with Gasteiger partial charge in [0.15, 0.2) is 6.23 Å². The van der Waals surface area contributed by atoms with E-state index < -0.39 is 180 Å². The van der Waals surface area contributed by atoms with E-state index in [1.54, 1.807) is 6.92 Å². The molecule has 1 aromatic carbocycles. The van der Waals surface area contributed by atoms with Gasteiger partial charge >= 0.3 is 22.7 Å². The summed E-state index contributed by atoms with van der Waals surface area (Å²) < 4.78 is 31.9. The minimum atomic E-state index is -5.32. The number of nitrogens with two attached hydrogens (primary N) is 7. The smallest absolute Gasteiger partial charge is 0.756 e. The molecule has 8 bridgehead atoms. The molecule has 16 unspecified atom stereocenters. The molecule has 0 radical (unpaired) electrons. The first-order valence-corrected chi connectivity index (χ1v) is 38.1. The molecule has 21 N–H and O–H groups in total. The van der Waals surface area contributed by atoms with E-state index in [2.05, 4.69) is 33.6 Å². The number of phosphoric ester groups is 1. The number of carboxylic acids is 1. The average Bonchev–Trinajstić information content (AvgIpc) is 1.53. The first-order chi connectivity index (χ1) is 51.1. The number of aliphatic imine (C=N–C) groups is 3. The molecule has 0 spiro atoms. The van der Waals surface area contributed by atoms with Crippen LogP contribution in [-0.4, -0.2) is 174 Å². The number of ether oxygens (including phenoxy) is 1. The van der Waals surface area contributed by atoms with Crippen molar-refractivity contribution in [3.05, 3.63) is 80.9 Å². The number of allylic oxidation sites excluding steroid dienone is 7. The molecule has 36 nitrogen and oxygen atoms in total. The summed E-state index contributed by atoms with van der Waals surface area (Å²) in [4.78, 5) is 161. The van der Waals surface area contributed by atoms with Crippen LogP contribution in [0.2, 0.25) is 0 Å². The minimum absolute atomic E-state index is 0. The number of primary amides is 6. The fourth-order valence-corrected chi connectivity index (χ4v) is 17.8. The average molecular weight is 1640 g/mol. The molecule has 16 atom stereocenters. The number of fused-ring (bicyclic) bond motifs is 7. The van der Waals surface area contributed by atoms with Gasteiger partial charge in [-0.05, 0) is 125 Å². The summed E-state index contributed by atoms with van der Waals surface area (Å²) in [5, 5.41) is 61.8. The van der Waals surface area contributed by atoms with Crippen LogP contribution in [0.25, 0.3) is 16.4 Å². The second kappa shape index (κ2) is 36.5. The number of hydrogen-bond acceptors (Lipinski definition) is 25. The summed E-state index contributed by atoms with van der Waals surface area (Å²) in [6, 6.07) is 1.65. The van der Waals surface area contributed by atoms with Gasteiger partial charge in [0.1, 0.15) is 30.9 Å². The van der Waals surface area contributed by atoms with Gasteiger partial charge in [-0.2, -0.15) is 18.3 Å². The number of carbonyl (C=O) groups is 10. The number of benzene rings is 1. The van der Waals surface area contributed by atoms with Crippen molar-refractivity contribution in [1.82, 2.24) is 25.5 Å². The van der Waals surface area contributed by atoms with Crippen LogP contribution in [0.1, 0.15) is 163 Å². The van der Waals surface area contributed by atoms with Crippen molar-refractivity contribution in [2.75, 3.05) is 25.4 Å². The molecule has 9 amide bonds. The molecular weight excluding hydrogens is 1530 g/mol. The quantitative estimate of drug-likeness (QED) is 0.0261. The largest absolute Gasteiger partial charge is 3.00 e. The number of thiol groups is 1. The van der Waals surface area contributed by atoms with E-state index in [4.69, 9.17) is 84.4 Å². The van der Waals surface area contributed by atoms with Crippen LogP contribution >= 0.6 is 20.5 Å². The number of nitrogens with zero attached hydrogens (tertiary/aromatic N) is 6. The Morgan fingerprint density at radius 3 is 1.91 bits per heavy atom. The van der Waals surface area contributed by atoms with Crippen LogP contribution in [0.5, 0.6) is 0 Å². The maximum atomic E-state index is 14.4. The van der Waals surface area contributed by atoms with Crippen LogP contribution < -0.4 is 66.1 Å². The van der Waals surface area contributed by atoms with Crippen LogP contribution in [-0.2, 0) is 83.1 Å². The number of hydrogen-bond donors (Lipinski definition) is 15. The number of aliphatic hydroxyl groups excluding tert-OH is 3. The number of aliphatic carboxylic acids is 1. The Bertz CT molecular complexity index is 4270. The fraction of sp³-hybridized carbons (Fsp3) is 0.611. The molecule has 612 valence electrons. The number of carbonyl (C=O) groups excluding carboxylic acids is 9. The Morgan fingerprint density at radius 2 is 1.35 bits per heavy atom. The van der Waals surface area contributed by atoms with Crippen LogP contribution in [0, 0.1) is 59.2 Å². The van der Waals surface area contributed by atoms with E-state index in [1.165, 1.54) is 17.8 Å². The molecule has 111 heavy (non-hydrogen) atoms. The zero-order chi connectivity index (χ0) is 82.4. The molecule has 7 heterocycles. The zero-order valence-corrected chi connectivity index (χ0v) is 66.8. The first-order valence-electron chi connectivity index (χ1n) is 36.0. The molecule has 39 heteroatoms. The Labute approximate surface area is 658 Å². The molecule has 8 rings (SSSR count). The zero-order valence-electron chi connectivity index (χ0n) is 64.0. The molecule has 0 saturated carbocycles. The standard InChI is InChI=1S/C62H90N13O14P.C10H17N3O6S.Co/c1-29-20-39-40(21-30(29)2)75(28-70-39)57-52(84)53(41(27-76)87-57)89-90(85,86)88-31(3)26-69-49(83)18-19-59(8)37(22-46(66)80)56-62(11)61(10,25-48(68)82)36(14-17-45(65)79)51(74-62)33(5)55-60(9,24-47(67)81)34(12-15-43(63)77)38(71-55)23-42-58(6,7)35(13-16-44(64)78)50(72-42)32(4)54(59)73-56;11-5(10(18)19)1-2-7(14)13-6(4-20)9(17)12-3-8(15)16;/h20-21,23,28,31,34-37,41,52-53,56-57,76,84H,12-19,22,24-27H2,1-11H3,(H15,63,64,65,66,67,68,69,71,72,73,74,77,78,79,80,81,82,83,85,86);6,18-20H,1-4,11H2,(H,12,17)(H,13,14)(H,15,16);/q;;+3/p-3. The van der Waals surface area contributed by atoms with Crippen molar-refractivity contribution in [1.29, 1.82) is 0 Å². The van der Waals surface area contributed by atoms with E-state index in [-0.39, 0.29) is 118 Å². The third-order valence-corrected chi connectivity index (χ3v) is 24.1. The van der Waals surface area contributed by atoms with Gasteiger partial charge in [0, 0.05) is 126 Å². The summed E-state index contributed by atoms with van der Waals surface area (Å²) in [5.74, 6) is -11.2. The summed E-state index contributed by atoms with van der Waals surface area (Å²) >= 11 is 3.87. The van der Waals surface area contributed by atoms with Crippen molar-refractivity contribution in [2.24, 2.45) is 100 Å². The maximum absolute atomic E-state index is 14.4. The van der Waals surface area contributed by atoms with Crippen molar-refractivity contribution < 1.29 is 113 Å². The van der Waals surface area contributed by atoms with Crippen molar-refractivity contribution in [2.45, 2.75) is 208 Å². The third kappa shape index (κ3) is 20.3. The van der Waals surface area contributed by atoms with Gasteiger partial charge in [0.05, 0.1) is 47.3 Å². The van der Waals surface area contributed by atoms with Crippen LogP contribution in [0.4, 0.5) is 0 Å². The van der Waals surface area contributed by atoms with E-state index >= 15 is 0 Å². The van der Waals surface area contributed by atoms with E-state index in [0.717, 1.165) is 11.1 Å². The molecule has 2 aromatic rings. The Kier molecular flexibility index (Phi) is 30.0. The van der Waals surface area contributed by atoms with E-state index in [0.29, 0.717) is 56.4 Å². The van der Waals surface area contributed by atoms with Gasteiger partial charge in [-0.1, -0.05) is 40.7 Å².